The van der Waals surface area contributed by atoms with Crippen LogP contribution in [0.5, 0.6) is 0 Å². The molecule has 2 unspecified atom stereocenters. The van der Waals surface area contributed by atoms with Gasteiger partial charge in [-0.25, -0.2) is 9.59 Å². The van der Waals surface area contributed by atoms with Crippen LogP contribution in [0.25, 0.3) is 0 Å². The van der Waals surface area contributed by atoms with Crippen LogP contribution in [-0.2, 0) is 4.79 Å². The molecule has 0 aromatic carbocycles. The number of hydrogen-bond donors (Lipinski definition) is 1. The number of aliphatic carboxylic acids is 1. The SMILES string of the molecule is CC1CCCN(C(=O)N(C)CCN2CCCC2)C1C(=O)O. The minimum Gasteiger partial charge on any atom is -0.480 e. The van der Waals surface area contributed by atoms with Crippen molar-refractivity contribution >= 4 is 12.0 Å². The zero-order chi connectivity index (χ0) is 15.4. The molecule has 0 saturated carbocycles. The summed E-state index contributed by atoms with van der Waals surface area (Å²) >= 11 is 0. The zero-order valence-electron chi connectivity index (χ0n) is 13.1. The third-order valence-corrected chi connectivity index (χ3v) is 4.71. The third-order valence-electron chi connectivity index (χ3n) is 4.71. The molecule has 2 heterocycles. The number of carboxylic acids is 1. The van der Waals surface area contributed by atoms with Crippen molar-refractivity contribution in [3.63, 3.8) is 0 Å². The average molecular weight is 297 g/mol. The molecule has 0 aliphatic carbocycles. The molecular weight excluding hydrogens is 270 g/mol. The number of hydrogen-bond acceptors (Lipinski definition) is 3. The molecule has 2 atom stereocenters. The normalized spacial score (nSPS) is 26.9. The molecule has 2 aliphatic rings. The van der Waals surface area contributed by atoms with Crippen molar-refractivity contribution in [2.45, 2.75) is 38.6 Å². The first-order chi connectivity index (χ1) is 10.0. The maximum Gasteiger partial charge on any atom is 0.326 e. The van der Waals surface area contributed by atoms with Crippen LogP contribution in [0.3, 0.4) is 0 Å². The summed E-state index contributed by atoms with van der Waals surface area (Å²) in [6.07, 6.45) is 4.24. The molecule has 2 fully saturated rings. The lowest BCUT2D eigenvalue weighted by Gasteiger charge is -2.39. The number of piperidine rings is 1. The summed E-state index contributed by atoms with van der Waals surface area (Å²) in [6, 6.07) is -0.825. The maximum atomic E-state index is 12.5. The van der Waals surface area contributed by atoms with Crippen LogP contribution in [-0.4, -0.2) is 77.6 Å². The van der Waals surface area contributed by atoms with E-state index in [4.69, 9.17) is 0 Å². The van der Waals surface area contributed by atoms with Crippen LogP contribution >= 0.6 is 0 Å². The largest absolute Gasteiger partial charge is 0.480 e. The van der Waals surface area contributed by atoms with E-state index < -0.39 is 12.0 Å². The van der Waals surface area contributed by atoms with Gasteiger partial charge in [0.1, 0.15) is 6.04 Å². The lowest BCUT2D eigenvalue weighted by Crippen LogP contribution is -2.55. The minimum absolute atomic E-state index is 0.0205. The Bertz CT molecular complexity index is 382. The quantitative estimate of drug-likeness (QED) is 0.850. The van der Waals surface area contributed by atoms with E-state index in [-0.39, 0.29) is 11.9 Å². The Morgan fingerprint density at radius 3 is 2.48 bits per heavy atom. The number of likely N-dealkylation sites (tertiary alicyclic amines) is 2. The molecule has 6 heteroatoms. The van der Waals surface area contributed by atoms with Gasteiger partial charge in [0.05, 0.1) is 0 Å². The second-order valence-electron chi connectivity index (χ2n) is 6.35. The number of carbonyl (C=O) groups excluding carboxylic acids is 1. The van der Waals surface area contributed by atoms with Crippen LogP contribution in [0.15, 0.2) is 0 Å². The van der Waals surface area contributed by atoms with Gasteiger partial charge in [0.15, 0.2) is 0 Å². The van der Waals surface area contributed by atoms with Crippen LogP contribution in [0.1, 0.15) is 32.6 Å². The molecule has 0 aromatic heterocycles. The summed E-state index contributed by atoms with van der Waals surface area (Å²) in [5.41, 5.74) is 0. The fourth-order valence-corrected chi connectivity index (χ4v) is 3.39. The molecule has 1 N–H and O–H groups in total. The molecular formula is C15H27N3O3. The molecule has 0 bridgehead atoms. The van der Waals surface area contributed by atoms with Gasteiger partial charge in [-0.2, -0.15) is 0 Å². The fourth-order valence-electron chi connectivity index (χ4n) is 3.39. The topological polar surface area (TPSA) is 64.1 Å². The van der Waals surface area contributed by atoms with Crippen molar-refractivity contribution < 1.29 is 14.7 Å². The van der Waals surface area contributed by atoms with E-state index in [1.165, 1.54) is 12.8 Å². The second-order valence-corrected chi connectivity index (χ2v) is 6.35. The highest BCUT2D eigenvalue weighted by Gasteiger charge is 2.38. The van der Waals surface area contributed by atoms with Crippen molar-refractivity contribution in [3.8, 4) is 0 Å². The van der Waals surface area contributed by atoms with Crippen molar-refractivity contribution in [2.24, 2.45) is 5.92 Å². The van der Waals surface area contributed by atoms with Crippen LogP contribution < -0.4 is 0 Å². The van der Waals surface area contributed by atoms with Gasteiger partial charge in [0.25, 0.3) is 0 Å². The second kappa shape index (κ2) is 7.11. The number of amides is 2. The summed E-state index contributed by atoms with van der Waals surface area (Å²) in [5.74, 6) is -0.865. The first-order valence-corrected chi connectivity index (χ1v) is 7.97. The van der Waals surface area contributed by atoms with Crippen molar-refractivity contribution in [1.82, 2.24) is 14.7 Å². The molecule has 21 heavy (non-hydrogen) atoms. The predicted molar refractivity (Wildman–Crippen MR) is 80.2 cm³/mol. The van der Waals surface area contributed by atoms with Gasteiger partial charge in [-0.3, -0.25) is 0 Å². The molecule has 6 nitrogen and oxygen atoms in total. The molecule has 2 rings (SSSR count). The number of nitrogens with zero attached hydrogens (tertiary/aromatic N) is 3. The van der Waals surface area contributed by atoms with Crippen LogP contribution in [0.4, 0.5) is 4.79 Å². The number of carboxylic acid groups (broad SMARTS) is 1. The molecule has 0 aromatic rings. The smallest absolute Gasteiger partial charge is 0.326 e. The van der Waals surface area contributed by atoms with E-state index >= 15 is 0 Å². The Morgan fingerprint density at radius 1 is 1.19 bits per heavy atom. The average Bonchev–Trinajstić information content (AvgIpc) is 2.96. The minimum atomic E-state index is -0.886. The summed E-state index contributed by atoms with van der Waals surface area (Å²) < 4.78 is 0. The summed E-state index contributed by atoms with van der Waals surface area (Å²) in [7, 11) is 1.77. The first-order valence-electron chi connectivity index (χ1n) is 7.97. The highest BCUT2D eigenvalue weighted by molar-refractivity contribution is 5.83. The molecule has 2 aliphatic heterocycles. The standard InChI is InChI=1S/C15H27N3O3/c1-12-6-5-9-18(13(12)14(19)20)15(21)16(2)10-11-17-7-3-4-8-17/h12-13H,3-11H2,1-2H3,(H,19,20). The number of likely N-dealkylation sites (N-methyl/N-ethyl adjacent to an activating group) is 1. The molecule has 120 valence electrons. The zero-order valence-corrected chi connectivity index (χ0v) is 13.1. The van der Waals surface area contributed by atoms with Gasteiger partial charge in [0, 0.05) is 26.7 Å². The van der Waals surface area contributed by atoms with E-state index in [1.54, 1.807) is 16.8 Å². The van der Waals surface area contributed by atoms with E-state index in [0.29, 0.717) is 13.1 Å². The van der Waals surface area contributed by atoms with E-state index in [1.807, 2.05) is 6.92 Å². The summed E-state index contributed by atoms with van der Waals surface area (Å²) in [6.45, 7) is 6.23. The summed E-state index contributed by atoms with van der Waals surface area (Å²) in [5, 5.41) is 9.39. The Balaban J connectivity index is 1.91. The van der Waals surface area contributed by atoms with Crippen molar-refractivity contribution in [3.05, 3.63) is 0 Å². The van der Waals surface area contributed by atoms with Crippen molar-refractivity contribution in [2.75, 3.05) is 39.8 Å². The monoisotopic (exact) mass is 297 g/mol. The Kier molecular flexibility index (Phi) is 5.45. The number of rotatable bonds is 4. The van der Waals surface area contributed by atoms with Gasteiger partial charge in [-0.15, -0.1) is 0 Å². The molecule has 2 saturated heterocycles. The molecule has 0 radical (unpaired) electrons. The van der Waals surface area contributed by atoms with Crippen LogP contribution in [0.2, 0.25) is 0 Å². The lowest BCUT2D eigenvalue weighted by molar-refractivity contribution is -0.145. The summed E-state index contributed by atoms with van der Waals surface area (Å²) in [4.78, 5) is 29.6. The highest BCUT2D eigenvalue weighted by atomic mass is 16.4. The van der Waals surface area contributed by atoms with Gasteiger partial charge < -0.3 is 19.8 Å². The number of carbonyl (C=O) groups is 2. The maximum absolute atomic E-state index is 12.5. The van der Waals surface area contributed by atoms with Gasteiger partial charge in [0.2, 0.25) is 0 Å². The number of urea groups is 1. The van der Waals surface area contributed by atoms with Crippen molar-refractivity contribution in [1.29, 1.82) is 0 Å². The van der Waals surface area contributed by atoms with Gasteiger partial charge in [-0.05, 0) is 44.7 Å². The Morgan fingerprint density at radius 2 is 1.86 bits per heavy atom. The fraction of sp³-hybridized carbons (Fsp3) is 0.867. The van der Waals surface area contributed by atoms with Crippen LogP contribution in [0, 0.1) is 5.92 Å². The highest BCUT2D eigenvalue weighted by Crippen LogP contribution is 2.24. The first kappa shape index (κ1) is 16.1. The molecule has 0 spiro atoms. The van der Waals surface area contributed by atoms with Gasteiger partial charge in [-0.1, -0.05) is 6.92 Å². The third kappa shape index (κ3) is 3.87. The Hall–Kier alpha value is -1.30. The molecule has 2 amide bonds. The van der Waals surface area contributed by atoms with Gasteiger partial charge >= 0.3 is 12.0 Å². The predicted octanol–water partition coefficient (Wildman–Crippen LogP) is 1.32. The van der Waals surface area contributed by atoms with E-state index in [0.717, 1.165) is 32.5 Å². The lowest BCUT2D eigenvalue weighted by atomic mass is 9.91. The van der Waals surface area contributed by atoms with E-state index in [2.05, 4.69) is 4.90 Å². The Labute approximate surface area is 126 Å². The van der Waals surface area contributed by atoms with E-state index in [9.17, 15) is 14.7 Å².